The van der Waals surface area contributed by atoms with Gasteiger partial charge in [-0.15, -0.1) is 0 Å². The van der Waals surface area contributed by atoms with Gasteiger partial charge in [0.25, 0.3) is 0 Å². The fraction of sp³-hybridized carbons (Fsp3) is 0.222. The van der Waals surface area contributed by atoms with Crippen LogP contribution in [-0.2, 0) is 0 Å². The molecule has 0 radical (unpaired) electrons. The molecular formula is C9H11P. The Bertz CT molecular complexity index is 221. The summed E-state index contributed by atoms with van der Waals surface area (Å²) in [6, 6.07) is 8.62. The molecule has 0 N–H and O–H groups in total. The lowest BCUT2D eigenvalue weighted by atomic mass is 10.2. The van der Waals surface area contributed by atoms with Gasteiger partial charge in [-0.25, -0.2) is 0 Å². The fourth-order valence-electron chi connectivity index (χ4n) is 0.780. The summed E-state index contributed by atoms with van der Waals surface area (Å²) in [6.45, 7) is 4.18. The summed E-state index contributed by atoms with van der Waals surface area (Å²) in [5.41, 5.74) is 1.33. The highest BCUT2D eigenvalue weighted by molar-refractivity contribution is 7.47. The molecule has 52 valence electrons. The molecule has 0 spiro atoms. The number of hydrogen-bond donors (Lipinski definition) is 0. The fourth-order valence-corrected chi connectivity index (χ4v) is 1.40. The molecule has 0 heterocycles. The molecule has 0 saturated heterocycles. The van der Waals surface area contributed by atoms with Crippen molar-refractivity contribution in [2.45, 2.75) is 13.8 Å². The number of hydrogen-bond acceptors (Lipinski definition) is 0. The minimum absolute atomic E-state index is 1.31. The quantitative estimate of drug-likeness (QED) is 0.539. The molecule has 0 aliphatic rings. The van der Waals surface area contributed by atoms with Crippen LogP contribution in [0.1, 0.15) is 12.5 Å². The Morgan fingerprint density at radius 3 is 2.30 bits per heavy atom. The highest BCUT2D eigenvalue weighted by atomic mass is 31.1. The summed E-state index contributed by atoms with van der Waals surface area (Å²) in [4.78, 5) is 0. The molecule has 0 amide bonds. The maximum Gasteiger partial charge on any atom is 0.00147 e. The van der Waals surface area contributed by atoms with Crippen LogP contribution >= 0.6 is 8.20 Å². The second kappa shape index (κ2) is 3.53. The van der Waals surface area contributed by atoms with Gasteiger partial charge in [-0.3, -0.25) is 0 Å². The molecule has 0 aliphatic carbocycles. The van der Waals surface area contributed by atoms with Crippen molar-refractivity contribution in [1.29, 1.82) is 0 Å². The maximum atomic E-state index is 2.16. The molecule has 1 rings (SSSR count). The van der Waals surface area contributed by atoms with Crippen LogP contribution in [0.25, 0.3) is 0 Å². The lowest BCUT2D eigenvalue weighted by molar-refractivity contribution is 1.49. The zero-order valence-corrected chi connectivity index (χ0v) is 7.23. The van der Waals surface area contributed by atoms with E-state index in [4.69, 9.17) is 0 Å². The molecule has 1 aromatic rings. The smallest absolute Gasteiger partial charge is 0.00147 e. The molecular weight excluding hydrogens is 139 g/mol. The third kappa shape index (κ3) is 1.97. The van der Waals surface area contributed by atoms with Gasteiger partial charge >= 0.3 is 0 Å². The summed E-state index contributed by atoms with van der Waals surface area (Å²) in [7, 11) is 1.31. The van der Waals surface area contributed by atoms with Crippen LogP contribution in [0.15, 0.2) is 24.3 Å². The van der Waals surface area contributed by atoms with Gasteiger partial charge in [-0.2, -0.15) is 0 Å². The summed E-state index contributed by atoms with van der Waals surface area (Å²) in [6.07, 6.45) is 0. The first-order valence-electron chi connectivity index (χ1n) is 3.38. The van der Waals surface area contributed by atoms with Crippen molar-refractivity contribution in [3.05, 3.63) is 29.8 Å². The molecule has 0 saturated carbocycles. The van der Waals surface area contributed by atoms with Gasteiger partial charge < -0.3 is 0 Å². The molecule has 0 atom stereocenters. The minimum atomic E-state index is 1.31. The topological polar surface area (TPSA) is 0 Å². The van der Waals surface area contributed by atoms with Crippen molar-refractivity contribution >= 4 is 19.3 Å². The first-order valence-corrected chi connectivity index (χ1v) is 4.34. The molecule has 0 fully saturated rings. The van der Waals surface area contributed by atoms with Gasteiger partial charge in [0.15, 0.2) is 0 Å². The SMILES string of the molecule is CC=Pc1ccc(C)cc1. The molecule has 0 aliphatic heterocycles. The molecule has 0 unspecified atom stereocenters. The zero-order valence-electron chi connectivity index (χ0n) is 6.33. The zero-order chi connectivity index (χ0) is 7.40. The highest BCUT2D eigenvalue weighted by Gasteiger charge is 1.83. The highest BCUT2D eigenvalue weighted by Crippen LogP contribution is 1.99. The lowest BCUT2D eigenvalue weighted by Gasteiger charge is -1.91. The standard InChI is InChI=1S/C9H11P/c1-3-10-9-6-4-8(2)5-7-9/h3-7H,1-2H3. The van der Waals surface area contributed by atoms with Crippen molar-refractivity contribution in [2.75, 3.05) is 0 Å². The predicted octanol–water partition coefficient (Wildman–Crippen LogP) is 2.39. The average Bonchev–Trinajstić information content (AvgIpc) is 1.95. The average molecular weight is 150 g/mol. The van der Waals surface area contributed by atoms with Crippen LogP contribution in [0.2, 0.25) is 0 Å². The molecule has 0 bridgehead atoms. The van der Waals surface area contributed by atoms with E-state index in [1.165, 1.54) is 19.1 Å². The van der Waals surface area contributed by atoms with Crippen molar-refractivity contribution < 1.29 is 0 Å². The number of rotatable bonds is 1. The molecule has 0 nitrogen and oxygen atoms in total. The number of benzene rings is 1. The van der Waals surface area contributed by atoms with Crippen molar-refractivity contribution in [2.24, 2.45) is 0 Å². The second-order valence-corrected chi connectivity index (χ2v) is 3.51. The maximum absolute atomic E-state index is 2.16. The van der Waals surface area contributed by atoms with Crippen LogP contribution in [0.3, 0.4) is 0 Å². The van der Waals surface area contributed by atoms with Gasteiger partial charge in [-0.1, -0.05) is 43.8 Å². The summed E-state index contributed by atoms with van der Waals surface area (Å²) in [5.74, 6) is 2.14. The van der Waals surface area contributed by atoms with Crippen molar-refractivity contribution in [1.82, 2.24) is 0 Å². The first kappa shape index (κ1) is 7.50. The van der Waals surface area contributed by atoms with E-state index in [2.05, 4.69) is 43.9 Å². The van der Waals surface area contributed by atoms with Gasteiger partial charge in [0, 0.05) is 5.30 Å². The normalized spacial score (nSPS) is 10.6. The van der Waals surface area contributed by atoms with Gasteiger partial charge in [0.2, 0.25) is 0 Å². The first-order chi connectivity index (χ1) is 4.83. The number of aryl methyl sites for hydroxylation is 1. The van der Waals surface area contributed by atoms with E-state index in [9.17, 15) is 0 Å². The third-order valence-corrected chi connectivity index (χ3v) is 2.17. The third-order valence-electron chi connectivity index (χ3n) is 1.31. The van der Waals surface area contributed by atoms with E-state index in [1.54, 1.807) is 0 Å². The van der Waals surface area contributed by atoms with Gasteiger partial charge in [0.1, 0.15) is 0 Å². The van der Waals surface area contributed by atoms with E-state index < -0.39 is 0 Å². The Morgan fingerprint density at radius 2 is 1.80 bits per heavy atom. The van der Waals surface area contributed by atoms with Crippen LogP contribution < -0.4 is 5.30 Å². The van der Waals surface area contributed by atoms with Crippen molar-refractivity contribution in [3.8, 4) is 0 Å². The van der Waals surface area contributed by atoms with E-state index in [-0.39, 0.29) is 0 Å². The van der Waals surface area contributed by atoms with Crippen LogP contribution in [0.4, 0.5) is 0 Å². The van der Waals surface area contributed by atoms with Gasteiger partial charge in [-0.05, 0) is 13.8 Å². The van der Waals surface area contributed by atoms with E-state index in [1.807, 2.05) is 0 Å². The Kier molecular flexibility index (Phi) is 2.65. The monoisotopic (exact) mass is 150 g/mol. The van der Waals surface area contributed by atoms with Crippen molar-refractivity contribution in [3.63, 3.8) is 0 Å². The Labute approximate surface area is 63.7 Å². The second-order valence-electron chi connectivity index (χ2n) is 2.22. The predicted molar refractivity (Wildman–Crippen MR) is 49.5 cm³/mol. The Hall–Kier alpha value is -0.610. The van der Waals surface area contributed by atoms with E-state index >= 15 is 0 Å². The van der Waals surface area contributed by atoms with Crippen LogP contribution in [0.5, 0.6) is 0 Å². The summed E-state index contributed by atoms with van der Waals surface area (Å²) >= 11 is 0. The summed E-state index contributed by atoms with van der Waals surface area (Å²) < 4.78 is 0. The molecule has 1 heteroatoms. The van der Waals surface area contributed by atoms with Crippen LogP contribution in [-0.4, -0.2) is 5.80 Å². The molecule has 1 aromatic carbocycles. The minimum Gasteiger partial charge on any atom is -0.0732 e. The van der Waals surface area contributed by atoms with E-state index in [0.717, 1.165) is 0 Å². The van der Waals surface area contributed by atoms with Crippen LogP contribution in [0, 0.1) is 6.92 Å². The molecule has 0 aromatic heterocycles. The summed E-state index contributed by atoms with van der Waals surface area (Å²) in [5, 5.41) is 1.37. The lowest BCUT2D eigenvalue weighted by Crippen LogP contribution is -1.88. The Morgan fingerprint density at radius 1 is 1.20 bits per heavy atom. The van der Waals surface area contributed by atoms with Gasteiger partial charge in [0.05, 0.1) is 0 Å². The van der Waals surface area contributed by atoms with E-state index in [0.29, 0.717) is 0 Å². The molecule has 10 heavy (non-hydrogen) atoms. The Balaban J connectivity index is 2.89. The largest absolute Gasteiger partial charge is 0.0732 e.